The van der Waals surface area contributed by atoms with Crippen LogP contribution < -0.4 is 10.1 Å². The standard InChI is InChI=1S/C11H13Br2NO/c12-9-2-1-3-10(13)11(9)15-5-4-8-6-14-7-8/h1-3,8,14H,4-7H2. The van der Waals surface area contributed by atoms with Crippen LogP contribution in [0.15, 0.2) is 27.1 Å². The molecule has 2 nitrogen and oxygen atoms in total. The lowest BCUT2D eigenvalue weighted by Crippen LogP contribution is -2.42. The van der Waals surface area contributed by atoms with Gasteiger partial charge in [-0.25, -0.2) is 0 Å². The highest BCUT2D eigenvalue weighted by atomic mass is 79.9. The molecule has 0 aliphatic carbocycles. The first-order valence-electron chi connectivity index (χ1n) is 5.05. The third-order valence-corrected chi connectivity index (χ3v) is 3.81. The first kappa shape index (κ1) is 11.4. The van der Waals surface area contributed by atoms with Crippen molar-refractivity contribution in [3.05, 3.63) is 27.1 Å². The predicted molar refractivity (Wildman–Crippen MR) is 68.3 cm³/mol. The van der Waals surface area contributed by atoms with Crippen LogP contribution in [0.5, 0.6) is 5.75 Å². The highest BCUT2D eigenvalue weighted by Crippen LogP contribution is 2.33. The van der Waals surface area contributed by atoms with Crippen molar-refractivity contribution in [1.82, 2.24) is 5.32 Å². The number of ether oxygens (including phenoxy) is 1. The monoisotopic (exact) mass is 333 g/mol. The number of hydrogen-bond donors (Lipinski definition) is 1. The summed E-state index contributed by atoms with van der Waals surface area (Å²) >= 11 is 6.96. The van der Waals surface area contributed by atoms with Crippen LogP contribution >= 0.6 is 31.9 Å². The molecule has 2 rings (SSSR count). The van der Waals surface area contributed by atoms with Crippen LogP contribution in [0.1, 0.15) is 6.42 Å². The van der Waals surface area contributed by atoms with Gasteiger partial charge in [0.25, 0.3) is 0 Å². The van der Waals surface area contributed by atoms with E-state index in [1.165, 1.54) is 0 Å². The second-order valence-electron chi connectivity index (χ2n) is 3.71. The van der Waals surface area contributed by atoms with Gasteiger partial charge in [0.2, 0.25) is 0 Å². The van der Waals surface area contributed by atoms with E-state index in [1.807, 2.05) is 18.2 Å². The van der Waals surface area contributed by atoms with Gasteiger partial charge in [-0.15, -0.1) is 0 Å². The number of para-hydroxylation sites is 1. The molecule has 1 aliphatic heterocycles. The quantitative estimate of drug-likeness (QED) is 0.913. The van der Waals surface area contributed by atoms with E-state index in [4.69, 9.17) is 4.74 Å². The Bertz CT molecular complexity index is 319. The lowest BCUT2D eigenvalue weighted by Gasteiger charge is -2.26. The molecule has 0 amide bonds. The van der Waals surface area contributed by atoms with Gasteiger partial charge in [0.05, 0.1) is 15.6 Å². The average molecular weight is 335 g/mol. The Balaban J connectivity index is 1.86. The summed E-state index contributed by atoms with van der Waals surface area (Å²) in [5.41, 5.74) is 0. The Morgan fingerprint density at radius 3 is 2.47 bits per heavy atom. The van der Waals surface area contributed by atoms with Crippen LogP contribution in [0, 0.1) is 5.92 Å². The number of benzene rings is 1. The zero-order valence-corrected chi connectivity index (χ0v) is 11.5. The highest BCUT2D eigenvalue weighted by Gasteiger charge is 2.16. The Kier molecular flexibility index (Phi) is 4.05. The van der Waals surface area contributed by atoms with E-state index < -0.39 is 0 Å². The maximum absolute atomic E-state index is 5.75. The van der Waals surface area contributed by atoms with E-state index in [9.17, 15) is 0 Å². The van der Waals surface area contributed by atoms with E-state index in [0.29, 0.717) is 0 Å². The van der Waals surface area contributed by atoms with Crippen molar-refractivity contribution in [3.63, 3.8) is 0 Å². The van der Waals surface area contributed by atoms with Crippen molar-refractivity contribution in [2.75, 3.05) is 19.7 Å². The van der Waals surface area contributed by atoms with Gasteiger partial charge in [-0.05, 0) is 69.4 Å². The van der Waals surface area contributed by atoms with Crippen LogP contribution in [0.4, 0.5) is 0 Å². The molecule has 1 aromatic rings. The summed E-state index contributed by atoms with van der Waals surface area (Å²) in [4.78, 5) is 0. The molecule has 0 unspecified atom stereocenters. The highest BCUT2D eigenvalue weighted by molar-refractivity contribution is 9.11. The van der Waals surface area contributed by atoms with Crippen molar-refractivity contribution in [2.24, 2.45) is 5.92 Å². The lowest BCUT2D eigenvalue weighted by molar-refractivity contribution is 0.236. The van der Waals surface area contributed by atoms with Gasteiger partial charge in [0, 0.05) is 0 Å². The van der Waals surface area contributed by atoms with Gasteiger partial charge in [-0.1, -0.05) is 6.07 Å². The van der Waals surface area contributed by atoms with Crippen molar-refractivity contribution < 1.29 is 4.74 Å². The Hall–Kier alpha value is -0.0600. The van der Waals surface area contributed by atoms with E-state index in [2.05, 4.69) is 37.2 Å². The topological polar surface area (TPSA) is 21.3 Å². The molecular weight excluding hydrogens is 322 g/mol. The largest absolute Gasteiger partial charge is 0.491 e. The van der Waals surface area contributed by atoms with Gasteiger partial charge >= 0.3 is 0 Å². The van der Waals surface area contributed by atoms with Crippen LogP contribution in [-0.2, 0) is 0 Å². The molecule has 1 N–H and O–H groups in total. The summed E-state index contributed by atoms with van der Waals surface area (Å²) < 4.78 is 7.76. The molecule has 15 heavy (non-hydrogen) atoms. The van der Waals surface area contributed by atoms with Crippen molar-refractivity contribution >= 4 is 31.9 Å². The zero-order valence-electron chi connectivity index (χ0n) is 8.30. The predicted octanol–water partition coefficient (Wildman–Crippen LogP) is 3.20. The number of nitrogens with one attached hydrogen (secondary N) is 1. The minimum Gasteiger partial charge on any atom is -0.491 e. The Labute approximate surface area is 107 Å². The maximum Gasteiger partial charge on any atom is 0.147 e. The summed E-state index contributed by atoms with van der Waals surface area (Å²) in [6, 6.07) is 5.97. The summed E-state index contributed by atoms with van der Waals surface area (Å²) in [5.74, 6) is 1.70. The molecule has 0 radical (unpaired) electrons. The summed E-state index contributed by atoms with van der Waals surface area (Å²) in [6.07, 6.45) is 1.13. The van der Waals surface area contributed by atoms with E-state index in [1.54, 1.807) is 0 Å². The summed E-state index contributed by atoms with van der Waals surface area (Å²) in [6.45, 7) is 3.06. The molecule has 0 atom stereocenters. The molecule has 1 aromatic carbocycles. The molecule has 82 valence electrons. The second-order valence-corrected chi connectivity index (χ2v) is 5.42. The number of halogens is 2. The average Bonchev–Trinajstić information content (AvgIpc) is 2.13. The summed E-state index contributed by atoms with van der Waals surface area (Å²) in [5, 5.41) is 3.26. The molecule has 0 saturated carbocycles. The first-order chi connectivity index (χ1) is 7.27. The fourth-order valence-corrected chi connectivity index (χ4v) is 2.73. The van der Waals surface area contributed by atoms with Crippen molar-refractivity contribution in [1.29, 1.82) is 0 Å². The molecule has 1 heterocycles. The normalized spacial score (nSPS) is 16.1. The van der Waals surface area contributed by atoms with Crippen LogP contribution in [-0.4, -0.2) is 19.7 Å². The first-order valence-corrected chi connectivity index (χ1v) is 6.63. The molecule has 0 bridgehead atoms. The van der Waals surface area contributed by atoms with E-state index >= 15 is 0 Å². The van der Waals surface area contributed by atoms with Crippen LogP contribution in [0.25, 0.3) is 0 Å². The molecule has 1 fully saturated rings. The van der Waals surface area contributed by atoms with Crippen LogP contribution in [0.2, 0.25) is 0 Å². The van der Waals surface area contributed by atoms with Gasteiger partial charge in [-0.2, -0.15) is 0 Å². The number of hydrogen-bond acceptors (Lipinski definition) is 2. The molecule has 4 heteroatoms. The minimum atomic E-state index is 0.785. The van der Waals surface area contributed by atoms with Crippen LogP contribution in [0.3, 0.4) is 0 Å². The molecule has 1 saturated heterocycles. The Morgan fingerprint density at radius 1 is 1.27 bits per heavy atom. The smallest absolute Gasteiger partial charge is 0.147 e. The van der Waals surface area contributed by atoms with Gasteiger partial charge < -0.3 is 10.1 Å². The van der Waals surface area contributed by atoms with Gasteiger partial charge in [0.1, 0.15) is 5.75 Å². The Morgan fingerprint density at radius 2 is 1.93 bits per heavy atom. The fourth-order valence-electron chi connectivity index (χ4n) is 1.50. The molecular formula is C11H13Br2NO. The molecule has 1 aliphatic rings. The van der Waals surface area contributed by atoms with Crippen molar-refractivity contribution in [3.8, 4) is 5.75 Å². The van der Waals surface area contributed by atoms with E-state index in [-0.39, 0.29) is 0 Å². The molecule has 0 spiro atoms. The third kappa shape index (κ3) is 2.95. The van der Waals surface area contributed by atoms with E-state index in [0.717, 1.165) is 46.7 Å². The summed E-state index contributed by atoms with van der Waals surface area (Å²) in [7, 11) is 0. The fraction of sp³-hybridized carbons (Fsp3) is 0.455. The van der Waals surface area contributed by atoms with Gasteiger partial charge in [0.15, 0.2) is 0 Å². The zero-order chi connectivity index (χ0) is 10.7. The molecule has 0 aromatic heterocycles. The van der Waals surface area contributed by atoms with Gasteiger partial charge in [-0.3, -0.25) is 0 Å². The second kappa shape index (κ2) is 5.32. The third-order valence-electron chi connectivity index (χ3n) is 2.56. The van der Waals surface area contributed by atoms with Crippen molar-refractivity contribution in [2.45, 2.75) is 6.42 Å². The lowest BCUT2D eigenvalue weighted by atomic mass is 10.0. The SMILES string of the molecule is Brc1cccc(Br)c1OCCC1CNC1. The maximum atomic E-state index is 5.75. The minimum absolute atomic E-state index is 0.785. The number of rotatable bonds is 4.